The Labute approximate surface area is 121 Å². The molecular weight excluding hydrogens is 232 g/mol. The minimum Gasteiger partial charge on any atom is -0.329 e. The highest BCUT2D eigenvalue weighted by atomic mass is 15.2. The van der Waals surface area contributed by atoms with Crippen molar-refractivity contribution in [2.24, 2.45) is 11.1 Å². The van der Waals surface area contributed by atoms with Crippen molar-refractivity contribution in [3.63, 3.8) is 0 Å². The molecule has 1 heterocycles. The van der Waals surface area contributed by atoms with Crippen LogP contribution in [0.3, 0.4) is 0 Å². The van der Waals surface area contributed by atoms with Crippen molar-refractivity contribution in [2.45, 2.75) is 84.6 Å². The Morgan fingerprint density at radius 2 is 1.84 bits per heavy atom. The van der Waals surface area contributed by atoms with Crippen LogP contribution in [0, 0.1) is 5.41 Å². The average molecular weight is 268 g/mol. The summed E-state index contributed by atoms with van der Waals surface area (Å²) in [6, 6.07) is 0. The quantitative estimate of drug-likeness (QED) is 0.702. The minimum atomic E-state index is 0.230. The molecule has 2 N–H and O–H groups in total. The lowest BCUT2D eigenvalue weighted by molar-refractivity contribution is 0.0988. The Morgan fingerprint density at radius 3 is 2.47 bits per heavy atom. The number of nitrogens with zero attached hydrogens (tertiary/aromatic N) is 1. The molecule has 114 valence electrons. The van der Waals surface area contributed by atoms with E-state index < -0.39 is 0 Å². The molecule has 1 unspecified atom stereocenters. The zero-order chi connectivity index (χ0) is 14.4. The molecular formula is C17H36N2. The molecule has 1 aliphatic rings. The first kappa shape index (κ1) is 17.0. The van der Waals surface area contributed by atoms with E-state index in [0.29, 0.717) is 5.41 Å². The summed E-state index contributed by atoms with van der Waals surface area (Å²) in [6.07, 6.45) is 10.7. The van der Waals surface area contributed by atoms with Crippen LogP contribution in [-0.4, -0.2) is 30.1 Å². The second-order valence-electron chi connectivity index (χ2n) is 7.52. The maximum absolute atomic E-state index is 6.13. The molecule has 0 radical (unpaired) electrons. The van der Waals surface area contributed by atoms with Gasteiger partial charge in [0.15, 0.2) is 0 Å². The second kappa shape index (κ2) is 7.64. The molecule has 0 saturated carbocycles. The molecule has 1 atom stereocenters. The highest BCUT2D eigenvalue weighted by molar-refractivity contribution is 4.90. The van der Waals surface area contributed by atoms with E-state index in [9.17, 15) is 0 Å². The Balaban J connectivity index is 2.52. The number of unbranched alkanes of at least 4 members (excludes halogenated alkanes) is 3. The van der Waals surface area contributed by atoms with E-state index in [1.165, 1.54) is 64.5 Å². The van der Waals surface area contributed by atoms with E-state index in [-0.39, 0.29) is 5.54 Å². The third kappa shape index (κ3) is 5.43. The largest absolute Gasteiger partial charge is 0.329 e. The van der Waals surface area contributed by atoms with E-state index in [0.717, 1.165) is 6.54 Å². The molecule has 1 aliphatic heterocycles. The van der Waals surface area contributed by atoms with Crippen molar-refractivity contribution < 1.29 is 0 Å². The van der Waals surface area contributed by atoms with Gasteiger partial charge in [-0.15, -0.1) is 0 Å². The van der Waals surface area contributed by atoms with Crippen molar-refractivity contribution in [2.75, 3.05) is 19.6 Å². The summed E-state index contributed by atoms with van der Waals surface area (Å²) in [5, 5.41) is 0. The maximum atomic E-state index is 6.13. The van der Waals surface area contributed by atoms with Crippen LogP contribution in [0.4, 0.5) is 0 Å². The molecule has 0 aromatic heterocycles. The third-order valence-electron chi connectivity index (χ3n) is 5.11. The van der Waals surface area contributed by atoms with E-state index in [1.54, 1.807) is 0 Å². The van der Waals surface area contributed by atoms with E-state index in [2.05, 4.69) is 32.6 Å². The molecule has 1 rings (SSSR count). The van der Waals surface area contributed by atoms with Gasteiger partial charge in [-0.3, -0.25) is 4.90 Å². The van der Waals surface area contributed by atoms with Crippen LogP contribution in [0.15, 0.2) is 0 Å². The van der Waals surface area contributed by atoms with Gasteiger partial charge in [0.25, 0.3) is 0 Å². The summed E-state index contributed by atoms with van der Waals surface area (Å²) in [5.41, 5.74) is 6.88. The van der Waals surface area contributed by atoms with Crippen LogP contribution in [0.25, 0.3) is 0 Å². The second-order valence-corrected chi connectivity index (χ2v) is 7.52. The van der Waals surface area contributed by atoms with Crippen molar-refractivity contribution in [1.29, 1.82) is 0 Å². The highest BCUT2D eigenvalue weighted by Gasteiger charge is 2.33. The van der Waals surface area contributed by atoms with Crippen LogP contribution in [0.5, 0.6) is 0 Å². The SMILES string of the molecule is CCCCCCC(C)(CN)N1CCCC(C)(C)CC1. The van der Waals surface area contributed by atoms with Crippen LogP contribution in [0.1, 0.15) is 79.1 Å². The topological polar surface area (TPSA) is 29.3 Å². The number of hydrogen-bond acceptors (Lipinski definition) is 2. The van der Waals surface area contributed by atoms with Crippen LogP contribution >= 0.6 is 0 Å². The van der Waals surface area contributed by atoms with Gasteiger partial charge in [0.1, 0.15) is 0 Å². The van der Waals surface area contributed by atoms with E-state index in [1.807, 2.05) is 0 Å². The van der Waals surface area contributed by atoms with Crippen molar-refractivity contribution in [3.05, 3.63) is 0 Å². The van der Waals surface area contributed by atoms with Crippen molar-refractivity contribution in [1.82, 2.24) is 4.90 Å². The van der Waals surface area contributed by atoms with E-state index >= 15 is 0 Å². The van der Waals surface area contributed by atoms with Gasteiger partial charge in [0, 0.05) is 12.1 Å². The van der Waals surface area contributed by atoms with E-state index in [4.69, 9.17) is 5.73 Å². The molecule has 2 nitrogen and oxygen atoms in total. The molecule has 2 heteroatoms. The summed E-state index contributed by atoms with van der Waals surface area (Å²) in [6.45, 7) is 12.8. The monoisotopic (exact) mass is 268 g/mol. The van der Waals surface area contributed by atoms with Gasteiger partial charge in [-0.2, -0.15) is 0 Å². The molecule has 19 heavy (non-hydrogen) atoms. The fourth-order valence-corrected chi connectivity index (χ4v) is 3.28. The molecule has 0 spiro atoms. The van der Waals surface area contributed by atoms with Gasteiger partial charge in [-0.25, -0.2) is 0 Å². The van der Waals surface area contributed by atoms with Crippen molar-refractivity contribution in [3.8, 4) is 0 Å². The predicted octanol–water partition coefficient (Wildman–Crippen LogP) is 4.19. The van der Waals surface area contributed by atoms with Gasteiger partial charge in [0.05, 0.1) is 0 Å². The summed E-state index contributed by atoms with van der Waals surface area (Å²) >= 11 is 0. The van der Waals surface area contributed by atoms with Crippen LogP contribution in [0.2, 0.25) is 0 Å². The Kier molecular flexibility index (Phi) is 6.82. The zero-order valence-electron chi connectivity index (χ0n) is 13.8. The molecule has 0 aromatic rings. The number of likely N-dealkylation sites (tertiary alicyclic amines) is 1. The molecule has 0 aliphatic carbocycles. The van der Waals surface area contributed by atoms with Gasteiger partial charge < -0.3 is 5.73 Å². The fraction of sp³-hybridized carbons (Fsp3) is 1.00. The Bertz CT molecular complexity index is 250. The third-order valence-corrected chi connectivity index (χ3v) is 5.11. The summed E-state index contributed by atoms with van der Waals surface area (Å²) < 4.78 is 0. The first-order chi connectivity index (χ1) is 8.93. The molecule has 1 fully saturated rings. The smallest absolute Gasteiger partial charge is 0.0303 e. The van der Waals surface area contributed by atoms with Gasteiger partial charge in [-0.1, -0.05) is 46.5 Å². The number of nitrogens with two attached hydrogens (primary N) is 1. The molecule has 1 saturated heterocycles. The Hall–Kier alpha value is -0.0800. The molecule has 0 amide bonds. The summed E-state index contributed by atoms with van der Waals surface area (Å²) in [4.78, 5) is 2.69. The minimum absolute atomic E-state index is 0.230. The van der Waals surface area contributed by atoms with Gasteiger partial charge in [-0.05, 0) is 51.1 Å². The van der Waals surface area contributed by atoms with Crippen LogP contribution in [-0.2, 0) is 0 Å². The summed E-state index contributed by atoms with van der Waals surface area (Å²) in [7, 11) is 0. The lowest BCUT2D eigenvalue weighted by Gasteiger charge is -2.41. The number of rotatable bonds is 7. The fourth-order valence-electron chi connectivity index (χ4n) is 3.28. The summed E-state index contributed by atoms with van der Waals surface area (Å²) in [5.74, 6) is 0. The number of hydrogen-bond donors (Lipinski definition) is 1. The maximum Gasteiger partial charge on any atom is 0.0303 e. The molecule has 0 bridgehead atoms. The average Bonchev–Trinajstić information content (AvgIpc) is 2.56. The van der Waals surface area contributed by atoms with Gasteiger partial charge >= 0.3 is 0 Å². The first-order valence-electron chi connectivity index (χ1n) is 8.39. The zero-order valence-corrected chi connectivity index (χ0v) is 13.8. The normalized spacial score (nSPS) is 23.8. The van der Waals surface area contributed by atoms with Crippen LogP contribution < -0.4 is 5.73 Å². The highest BCUT2D eigenvalue weighted by Crippen LogP contribution is 2.33. The van der Waals surface area contributed by atoms with Crippen molar-refractivity contribution >= 4 is 0 Å². The lowest BCUT2D eigenvalue weighted by atomic mass is 9.85. The first-order valence-corrected chi connectivity index (χ1v) is 8.39. The predicted molar refractivity (Wildman–Crippen MR) is 85.4 cm³/mol. The molecule has 0 aromatic carbocycles. The standard InChI is InChI=1S/C17H36N2/c1-5-6-7-8-11-17(4,15-18)19-13-9-10-16(2,3)12-14-19/h5-15,18H2,1-4H3. The van der Waals surface area contributed by atoms with Gasteiger partial charge in [0.2, 0.25) is 0 Å². The lowest BCUT2D eigenvalue weighted by Crippen LogP contribution is -2.52. The Morgan fingerprint density at radius 1 is 1.11 bits per heavy atom.